The Balaban J connectivity index is 1.75. The van der Waals surface area contributed by atoms with Gasteiger partial charge < -0.3 is 4.74 Å². The Hall–Kier alpha value is -3.61. The summed E-state index contributed by atoms with van der Waals surface area (Å²) >= 11 is 0. The number of hydrogen-bond donors (Lipinski definition) is 1. The quantitative estimate of drug-likeness (QED) is 0.602. The lowest BCUT2D eigenvalue weighted by molar-refractivity contribution is 0.467. The fraction of sp³-hybridized carbons (Fsp3) is 0.150. The van der Waals surface area contributed by atoms with E-state index in [1.807, 2.05) is 32.0 Å². The van der Waals surface area contributed by atoms with Gasteiger partial charge in [-0.15, -0.1) is 0 Å². The Morgan fingerprint density at radius 1 is 0.963 bits per heavy atom. The van der Waals surface area contributed by atoms with Gasteiger partial charge in [-0.05, 0) is 50.1 Å². The number of nitrogens with zero attached hydrogens (tertiary/aromatic N) is 4. The molecule has 4 aromatic rings. The molecule has 0 aliphatic carbocycles. The molecule has 7 heteroatoms. The van der Waals surface area contributed by atoms with Crippen LogP contribution in [0.25, 0.3) is 22.2 Å². The van der Waals surface area contributed by atoms with Crippen LogP contribution in [-0.2, 0) is 0 Å². The van der Waals surface area contributed by atoms with Crippen LogP contribution in [0, 0.1) is 20.8 Å². The average Bonchev–Trinajstić information content (AvgIpc) is 2.67. The van der Waals surface area contributed by atoms with Crippen LogP contribution in [0.4, 0.5) is 0 Å². The monoisotopic (exact) mass is 359 g/mol. The van der Waals surface area contributed by atoms with Crippen LogP contribution < -0.4 is 10.3 Å². The first kappa shape index (κ1) is 16.8. The number of aromatic amines is 1. The van der Waals surface area contributed by atoms with E-state index in [2.05, 4.69) is 25.1 Å². The Bertz CT molecular complexity index is 1210. The fourth-order valence-corrected chi connectivity index (χ4v) is 3.09. The molecule has 3 aromatic heterocycles. The molecule has 0 aliphatic rings. The van der Waals surface area contributed by atoms with Gasteiger partial charge in [0, 0.05) is 29.7 Å². The highest BCUT2D eigenvalue weighted by Gasteiger charge is 2.14. The number of fused-ring (bicyclic) bond motifs is 1. The summed E-state index contributed by atoms with van der Waals surface area (Å²) in [6.45, 7) is 5.64. The first-order valence-corrected chi connectivity index (χ1v) is 8.45. The van der Waals surface area contributed by atoms with E-state index >= 15 is 0 Å². The number of aromatic nitrogens is 5. The van der Waals surface area contributed by atoms with Crippen LogP contribution >= 0.6 is 0 Å². The van der Waals surface area contributed by atoms with Gasteiger partial charge in [-0.25, -0.2) is 15.1 Å². The smallest absolute Gasteiger partial charge is 0.267 e. The minimum atomic E-state index is -0.186. The molecule has 1 N–H and O–H groups in total. The Labute approximate surface area is 155 Å². The summed E-state index contributed by atoms with van der Waals surface area (Å²) in [5.74, 6) is 1.04. The highest BCUT2D eigenvalue weighted by Crippen LogP contribution is 2.32. The molecule has 0 radical (unpaired) electrons. The second kappa shape index (κ2) is 6.60. The van der Waals surface area contributed by atoms with Crippen LogP contribution in [0.2, 0.25) is 0 Å². The van der Waals surface area contributed by atoms with E-state index in [0.717, 1.165) is 27.9 Å². The molecular formula is C20H17N5O2. The van der Waals surface area contributed by atoms with Gasteiger partial charge in [-0.1, -0.05) is 6.07 Å². The van der Waals surface area contributed by atoms with Crippen molar-refractivity contribution in [2.24, 2.45) is 0 Å². The molecule has 3 heterocycles. The predicted molar refractivity (Wildman–Crippen MR) is 102 cm³/mol. The van der Waals surface area contributed by atoms with E-state index in [9.17, 15) is 4.79 Å². The number of pyridine rings is 1. The average molecular weight is 359 g/mol. The number of benzene rings is 1. The Morgan fingerprint density at radius 3 is 2.59 bits per heavy atom. The van der Waals surface area contributed by atoms with Gasteiger partial charge in [0.1, 0.15) is 5.75 Å². The molecule has 7 nitrogen and oxygen atoms in total. The van der Waals surface area contributed by atoms with E-state index in [0.29, 0.717) is 22.7 Å². The van der Waals surface area contributed by atoms with Gasteiger partial charge in [0.2, 0.25) is 5.88 Å². The molecule has 0 unspecified atom stereocenters. The van der Waals surface area contributed by atoms with Crippen LogP contribution in [0.1, 0.15) is 16.8 Å². The topological polar surface area (TPSA) is 93.7 Å². The molecule has 27 heavy (non-hydrogen) atoms. The minimum absolute atomic E-state index is 0.186. The summed E-state index contributed by atoms with van der Waals surface area (Å²) in [4.78, 5) is 24.8. The molecule has 0 spiro atoms. The summed E-state index contributed by atoms with van der Waals surface area (Å²) in [6, 6.07) is 7.47. The standard InChI is InChI=1S/C20H17N5O2/c1-11-10-14(27-20-18-16(6-7-23-20)21-8-9-22-18)4-5-15(11)17-12(2)19(26)25-24-13(17)3/h4-10H,1-3H3,(H,25,26). The third-order valence-electron chi connectivity index (χ3n) is 4.44. The van der Waals surface area contributed by atoms with E-state index in [-0.39, 0.29) is 5.56 Å². The van der Waals surface area contributed by atoms with Gasteiger partial charge in [-0.3, -0.25) is 9.78 Å². The van der Waals surface area contributed by atoms with Crippen LogP contribution in [0.5, 0.6) is 11.6 Å². The molecule has 1 aromatic carbocycles. The summed E-state index contributed by atoms with van der Waals surface area (Å²) in [6.07, 6.45) is 4.88. The largest absolute Gasteiger partial charge is 0.437 e. The molecule has 0 saturated carbocycles. The summed E-state index contributed by atoms with van der Waals surface area (Å²) in [5.41, 5.74) is 5.31. The van der Waals surface area contributed by atoms with Crippen molar-refractivity contribution in [2.45, 2.75) is 20.8 Å². The minimum Gasteiger partial charge on any atom is -0.437 e. The highest BCUT2D eigenvalue weighted by atomic mass is 16.5. The van der Waals surface area contributed by atoms with Crippen LogP contribution in [-0.4, -0.2) is 25.1 Å². The van der Waals surface area contributed by atoms with Crippen molar-refractivity contribution in [3.63, 3.8) is 0 Å². The van der Waals surface area contributed by atoms with Crippen molar-refractivity contribution in [1.29, 1.82) is 0 Å². The molecule has 0 aliphatic heterocycles. The number of ether oxygens (including phenoxy) is 1. The fourth-order valence-electron chi connectivity index (χ4n) is 3.09. The van der Waals surface area contributed by atoms with E-state index in [1.54, 1.807) is 31.6 Å². The molecule has 134 valence electrons. The predicted octanol–water partition coefficient (Wildman–Crippen LogP) is 3.49. The SMILES string of the molecule is Cc1cc(Oc2nccc3nccnc23)ccc1-c1c(C)n[nH]c(=O)c1C. The molecule has 0 bridgehead atoms. The van der Waals surface area contributed by atoms with Gasteiger partial charge in [0.25, 0.3) is 5.56 Å². The van der Waals surface area contributed by atoms with E-state index in [4.69, 9.17) is 4.74 Å². The second-order valence-corrected chi connectivity index (χ2v) is 6.26. The first-order valence-electron chi connectivity index (χ1n) is 8.45. The number of rotatable bonds is 3. The van der Waals surface area contributed by atoms with Crippen molar-refractivity contribution < 1.29 is 4.74 Å². The summed E-state index contributed by atoms with van der Waals surface area (Å²) < 4.78 is 5.95. The van der Waals surface area contributed by atoms with Gasteiger partial charge in [-0.2, -0.15) is 5.10 Å². The zero-order chi connectivity index (χ0) is 19.0. The molecule has 0 amide bonds. The lowest BCUT2D eigenvalue weighted by atomic mass is 9.96. The van der Waals surface area contributed by atoms with Gasteiger partial charge in [0.15, 0.2) is 5.52 Å². The number of nitrogens with one attached hydrogen (secondary N) is 1. The van der Waals surface area contributed by atoms with Gasteiger partial charge >= 0.3 is 0 Å². The molecule has 4 rings (SSSR count). The van der Waals surface area contributed by atoms with Crippen molar-refractivity contribution in [2.75, 3.05) is 0 Å². The third-order valence-corrected chi connectivity index (χ3v) is 4.44. The lowest BCUT2D eigenvalue weighted by Crippen LogP contribution is -2.14. The number of aryl methyl sites for hydroxylation is 2. The molecular weight excluding hydrogens is 342 g/mol. The third kappa shape index (κ3) is 3.03. The lowest BCUT2D eigenvalue weighted by Gasteiger charge is -2.13. The van der Waals surface area contributed by atoms with Crippen molar-refractivity contribution >= 4 is 11.0 Å². The summed E-state index contributed by atoms with van der Waals surface area (Å²) in [5, 5.41) is 6.59. The van der Waals surface area contributed by atoms with Crippen molar-refractivity contribution in [3.05, 3.63) is 70.0 Å². The maximum absolute atomic E-state index is 11.9. The number of hydrogen-bond acceptors (Lipinski definition) is 6. The maximum atomic E-state index is 11.9. The maximum Gasteiger partial charge on any atom is 0.267 e. The molecule has 0 fully saturated rings. The van der Waals surface area contributed by atoms with E-state index in [1.165, 1.54) is 0 Å². The van der Waals surface area contributed by atoms with Crippen LogP contribution in [0.15, 0.2) is 47.7 Å². The Kier molecular flexibility index (Phi) is 4.12. The normalized spacial score (nSPS) is 10.9. The Morgan fingerprint density at radius 2 is 1.78 bits per heavy atom. The summed E-state index contributed by atoms with van der Waals surface area (Å²) in [7, 11) is 0. The zero-order valence-corrected chi connectivity index (χ0v) is 15.1. The second-order valence-electron chi connectivity index (χ2n) is 6.26. The van der Waals surface area contributed by atoms with Crippen LogP contribution in [0.3, 0.4) is 0 Å². The van der Waals surface area contributed by atoms with Crippen molar-refractivity contribution in [3.8, 4) is 22.8 Å². The van der Waals surface area contributed by atoms with Crippen molar-refractivity contribution in [1.82, 2.24) is 25.1 Å². The highest BCUT2D eigenvalue weighted by molar-refractivity contribution is 5.79. The first-order chi connectivity index (χ1) is 13.0. The van der Waals surface area contributed by atoms with E-state index < -0.39 is 0 Å². The molecule has 0 atom stereocenters. The zero-order valence-electron chi connectivity index (χ0n) is 15.1. The van der Waals surface area contributed by atoms with Gasteiger partial charge in [0.05, 0.1) is 11.2 Å². The number of H-pyrrole nitrogens is 1. The molecule has 0 saturated heterocycles.